The lowest BCUT2D eigenvalue weighted by Gasteiger charge is -2.33. The number of aromatic nitrogens is 2. The summed E-state index contributed by atoms with van der Waals surface area (Å²) >= 11 is 0. The fraction of sp³-hybridized carbons (Fsp3) is 0.500. The Labute approximate surface area is 152 Å². The topological polar surface area (TPSA) is 85.5 Å². The molecule has 140 valence electrons. The van der Waals surface area contributed by atoms with Crippen LogP contribution in [-0.4, -0.2) is 51.9 Å². The van der Waals surface area contributed by atoms with Crippen LogP contribution >= 0.6 is 0 Å². The Kier molecular flexibility index (Phi) is 5.85. The molecule has 0 bridgehead atoms. The van der Waals surface area contributed by atoms with Gasteiger partial charge in [-0.1, -0.05) is 37.3 Å². The van der Waals surface area contributed by atoms with Gasteiger partial charge in [0.15, 0.2) is 0 Å². The molecule has 3 rings (SSSR count). The number of rotatable bonds is 7. The molecule has 1 aromatic carbocycles. The maximum Gasteiger partial charge on any atom is 0.333 e. The molecule has 0 spiro atoms. The van der Waals surface area contributed by atoms with E-state index in [2.05, 4.69) is 27.4 Å². The lowest BCUT2D eigenvalue weighted by Crippen LogP contribution is -2.44. The van der Waals surface area contributed by atoms with Gasteiger partial charge in [-0.05, 0) is 12.0 Å². The molecule has 0 radical (unpaired) electrons. The second-order valence-corrected chi connectivity index (χ2v) is 6.47. The van der Waals surface area contributed by atoms with Crippen LogP contribution < -0.4 is 5.32 Å². The van der Waals surface area contributed by atoms with Gasteiger partial charge in [0.2, 0.25) is 5.82 Å². The molecule has 2 aromatic rings. The average molecular weight is 359 g/mol. The van der Waals surface area contributed by atoms with E-state index in [4.69, 9.17) is 4.74 Å². The number of morpholine rings is 1. The molecule has 1 N–H and O–H groups in total. The average Bonchev–Trinajstić information content (AvgIpc) is 2.97. The number of ether oxygens (including phenoxy) is 1. The summed E-state index contributed by atoms with van der Waals surface area (Å²) in [5.41, 5.74) is 1.83. The Morgan fingerprint density at radius 1 is 1.38 bits per heavy atom. The molecule has 8 heteroatoms. The molecule has 0 amide bonds. The first-order chi connectivity index (χ1) is 12.6. The molecule has 1 aliphatic rings. The lowest BCUT2D eigenvalue weighted by atomic mass is 10.2. The summed E-state index contributed by atoms with van der Waals surface area (Å²) in [7, 11) is 1.72. The van der Waals surface area contributed by atoms with Crippen molar-refractivity contribution in [2.45, 2.75) is 26.0 Å². The smallest absolute Gasteiger partial charge is 0.333 e. The van der Waals surface area contributed by atoms with E-state index in [1.54, 1.807) is 11.7 Å². The summed E-state index contributed by atoms with van der Waals surface area (Å²) in [6.45, 7) is 5.59. The van der Waals surface area contributed by atoms with E-state index in [1.807, 2.05) is 25.1 Å². The Bertz CT molecular complexity index is 747. The van der Waals surface area contributed by atoms with Gasteiger partial charge in [-0.25, -0.2) is 4.68 Å². The maximum atomic E-state index is 11.4. The molecule has 1 unspecified atom stereocenters. The van der Waals surface area contributed by atoms with Gasteiger partial charge in [0.05, 0.1) is 17.6 Å². The Morgan fingerprint density at radius 2 is 2.15 bits per heavy atom. The summed E-state index contributed by atoms with van der Waals surface area (Å²) in [5, 5.41) is 18.8. The number of nitrogens with zero attached hydrogens (tertiary/aromatic N) is 4. The van der Waals surface area contributed by atoms with Crippen molar-refractivity contribution in [3.05, 3.63) is 51.7 Å². The minimum Gasteiger partial charge on any atom is -0.374 e. The molecule has 8 nitrogen and oxygen atoms in total. The van der Waals surface area contributed by atoms with E-state index in [9.17, 15) is 10.1 Å². The quantitative estimate of drug-likeness (QED) is 0.603. The highest BCUT2D eigenvalue weighted by Crippen LogP contribution is 2.28. The molecular formula is C18H25N5O3. The van der Waals surface area contributed by atoms with E-state index in [0.29, 0.717) is 31.1 Å². The van der Waals surface area contributed by atoms with Crippen LogP contribution in [0.25, 0.3) is 0 Å². The van der Waals surface area contributed by atoms with Crippen molar-refractivity contribution >= 4 is 11.5 Å². The van der Waals surface area contributed by atoms with Gasteiger partial charge in [-0.3, -0.25) is 15.0 Å². The van der Waals surface area contributed by atoms with Crippen molar-refractivity contribution in [2.75, 3.05) is 31.6 Å². The van der Waals surface area contributed by atoms with Crippen molar-refractivity contribution in [2.24, 2.45) is 7.05 Å². The first-order valence-electron chi connectivity index (χ1n) is 8.90. The Morgan fingerprint density at radius 3 is 2.85 bits per heavy atom. The highest BCUT2D eigenvalue weighted by Gasteiger charge is 2.27. The largest absolute Gasteiger partial charge is 0.374 e. The first-order valence-corrected chi connectivity index (χ1v) is 8.90. The van der Waals surface area contributed by atoms with Gasteiger partial charge in [0, 0.05) is 33.2 Å². The molecule has 1 saturated heterocycles. The monoisotopic (exact) mass is 359 g/mol. The Hall–Kier alpha value is -2.45. The number of anilines is 1. The lowest BCUT2D eigenvalue weighted by molar-refractivity contribution is -0.384. The second kappa shape index (κ2) is 8.29. The second-order valence-electron chi connectivity index (χ2n) is 6.47. The number of benzene rings is 1. The molecule has 2 heterocycles. The van der Waals surface area contributed by atoms with Gasteiger partial charge >= 0.3 is 5.69 Å². The third kappa shape index (κ3) is 4.20. The number of nitrogens with one attached hydrogen (secondary N) is 1. The zero-order valence-electron chi connectivity index (χ0n) is 15.2. The molecule has 1 atom stereocenters. The van der Waals surface area contributed by atoms with Crippen LogP contribution in [0.3, 0.4) is 0 Å². The molecular weight excluding hydrogens is 334 g/mol. The van der Waals surface area contributed by atoms with Crippen molar-refractivity contribution in [3.63, 3.8) is 0 Å². The summed E-state index contributed by atoms with van der Waals surface area (Å²) in [4.78, 5) is 13.4. The zero-order valence-corrected chi connectivity index (χ0v) is 15.2. The summed E-state index contributed by atoms with van der Waals surface area (Å²) in [5.74, 6) is 0.440. The van der Waals surface area contributed by atoms with Gasteiger partial charge in [-0.2, -0.15) is 5.10 Å². The van der Waals surface area contributed by atoms with E-state index < -0.39 is 0 Å². The fourth-order valence-corrected chi connectivity index (χ4v) is 3.30. The van der Waals surface area contributed by atoms with Gasteiger partial charge in [-0.15, -0.1) is 0 Å². The number of nitro groups is 1. The predicted molar refractivity (Wildman–Crippen MR) is 99.2 cm³/mol. The van der Waals surface area contributed by atoms with E-state index in [1.165, 1.54) is 5.56 Å². The van der Waals surface area contributed by atoms with E-state index in [0.717, 1.165) is 19.6 Å². The fourth-order valence-electron chi connectivity index (χ4n) is 3.30. The Balaban J connectivity index is 1.61. The number of hydrogen-bond acceptors (Lipinski definition) is 6. The highest BCUT2D eigenvalue weighted by atomic mass is 16.6. The van der Waals surface area contributed by atoms with Crippen LogP contribution in [0.4, 0.5) is 11.5 Å². The first kappa shape index (κ1) is 18.3. The minimum atomic E-state index is -0.363. The molecule has 26 heavy (non-hydrogen) atoms. The molecule has 1 fully saturated rings. The van der Waals surface area contributed by atoms with Crippen molar-refractivity contribution in [1.29, 1.82) is 0 Å². The summed E-state index contributed by atoms with van der Waals surface area (Å²) in [6.07, 6.45) is 0.503. The van der Waals surface area contributed by atoms with Crippen LogP contribution in [0.1, 0.15) is 18.2 Å². The number of hydrogen-bond donors (Lipinski definition) is 1. The predicted octanol–water partition coefficient (Wildman–Crippen LogP) is 2.20. The number of aryl methyl sites for hydroxylation is 2. The SMILES string of the molecule is CCc1nn(C)c(NCC2CN(Cc3ccccc3)CCO2)c1[N+](=O)[O-]. The van der Waals surface area contributed by atoms with Crippen LogP contribution in [0, 0.1) is 10.1 Å². The summed E-state index contributed by atoms with van der Waals surface area (Å²) in [6, 6.07) is 10.3. The van der Waals surface area contributed by atoms with Crippen molar-refractivity contribution in [1.82, 2.24) is 14.7 Å². The molecule has 0 saturated carbocycles. The van der Waals surface area contributed by atoms with E-state index in [-0.39, 0.29) is 16.7 Å². The standard InChI is InChI=1S/C18H25N5O3/c1-3-16-17(23(24)25)18(21(2)20-16)19-11-15-13-22(9-10-26-15)12-14-7-5-4-6-8-14/h4-8,15,19H,3,9-13H2,1-2H3. The van der Waals surface area contributed by atoms with Gasteiger partial charge < -0.3 is 10.1 Å². The molecule has 0 aliphatic carbocycles. The van der Waals surface area contributed by atoms with Crippen LogP contribution in [0.5, 0.6) is 0 Å². The normalized spacial score (nSPS) is 18.0. The van der Waals surface area contributed by atoms with Crippen molar-refractivity contribution < 1.29 is 9.66 Å². The molecule has 1 aromatic heterocycles. The van der Waals surface area contributed by atoms with Crippen LogP contribution in [0.15, 0.2) is 30.3 Å². The highest BCUT2D eigenvalue weighted by molar-refractivity contribution is 5.59. The third-order valence-electron chi connectivity index (χ3n) is 4.58. The van der Waals surface area contributed by atoms with E-state index >= 15 is 0 Å². The van der Waals surface area contributed by atoms with Crippen LogP contribution in [-0.2, 0) is 24.8 Å². The van der Waals surface area contributed by atoms with Gasteiger partial charge in [0.1, 0.15) is 5.69 Å². The third-order valence-corrected chi connectivity index (χ3v) is 4.58. The zero-order chi connectivity index (χ0) is 18.5. The summed E-state index contributed by atoms with van der Waals surface area (Å²) < 4.78 is 7.38. The van der Waals surface area contributed by atoms with Crippen molar-refractivity contribution in [3.8, 4) is 0 Å². The minimum absolute atomic E-state index is 0.0213. The van der Waals surface area contributed by atoms with Gasteiger partial charge in [0.25, 0.3) is 0 Å². The molecule has 1 aliphatic heterocycles. The maximum absolute atomic E-state index is 11.4. The van der Waals surface area contributed by atoms with Crippen LogP contribution in [0.2, 0.25) is 0 Å².